The first kappa shape index (κ1) is 6.75. The summed E-state index contributed by atoms with van der Waals surface area (Å²) in [5, 5.41) is 3.39. The zero-order valence-corrected chi connectivity index (χ0v) is 6.15. The third kappa shape index (κ3) is 1.79. The second-order valence-electron chi connectivity index (χ2n) is 2.56. The van der Waals surface area contributed by atoms with Crippen LogP contribution < -0.4 is 5.32 Å². The maximum absolute atomic E-state index is 4.34. The number of aliphatic imine (C=N–C) groups is 1. The second-order valence-corrected chi connectivity index (χ2v) is 2.56. The third-order valence-electron chi connectivity index (χ3n) is 1.72. The van der Waals surface area contributed by atoms with E-state index in [1.54, 1.807) is 0 Å². The average Bonchev–Trinajstić information content (AvgIpc) is 1.90. The molecule has 1 atom stereocenters. The van der Waals surface area contributed by atoms with Gasteiger partial charge in [0.2, 0.25) is 0 Å². The molecule has 0 aromatic rings. The molecule has 0 saturated heterocycles. The second kappa shape index (κ2) is 2.97. The van der Waals surface area contributed by atoms with Gasteiger partial charge in [0.05, 0.1) is 6.54 Å². The summed E-state index contributed by atoms with van der Waals surface area (Å²) in [5.41, 5.74) is 1.24. The third-order valence-corrected chi connectivity index (χ3v) is 1.72. The Morgan fingerprint density at radius 3 is 3.00 bits per heavy atom. The van der Waals surface area contributed by atoms with Gasteiger partial charge in [0.25, 0.3) is 0 Å². The lowest BCUT2D eigenvalue weighted by atomic mass is 10.2. The highest BCUT2D eigenvalue weighted by molar-refractivity contribution is 5.84. The Morgan fingerprint density at radius 2 is 2.56 bits per heavy atom. The Bertz CT molecular complexity index is 118. The minimum atomic E-state index is 0.633. The first-order chi connectivity index (χ1) is 4.33. The molecule has 0 aromatic heterocycles. The molecule has 2 nitrogen and oxygen atoms in total. The summed E-state index contributed by atoms with van der Waals surface area (Å²) in [6.07, 6.45) is 1.19. The van der Waals surface area contributed by atoms with Gasteiger partial charge in [-0.05, 0) is 13.3 Å². The van der Waals surface area contributed by atoms with Gasteiger partial charge in [-0.3, -0.25) is 4.99 Å². The molecule has 1 rings (SSSR count). The largest absolute Gasteiger partial charge is 0.307 e. The molecule has 52 valence electrons. The van der Waals surface area contributed by atoms with Crippen LogP contribution in [0, 0.1) is 0 Å². The monoisotopic (exact) mass is 126 g/mol. The molecule has 1 aliphatic heterocycles. The van der Waals surface area contributed by atoms with Gasteiger partial charge in [0.1, 0.15) is 0 Å². The fourth-order valence-electron chi connectivity index (χ4n) is 0.952. The van der Waals surface area contributed by atoms with Crippen molar-refractivity contribution < 1.29 is 0 Å². The summed E-state index contributed by atoms with van der Waals surface area (Å²) >= 11 is 0. The van der Waals surface area contributed by atoms with E-state index in [0.717, 1.165) is 13.1 Å². The van der Waals surface area contributed by atoms with E-state index in [2.05, 4.69) is 24.2 Å². The molecule has 2 heteroatoms. The lowest BCUT2D eigenvalue weighted by molar-refractivity contribution is 0.523. The van der Waals surface area contributed by atoms with E-state index >= 15 is 0 Å². The predicted molar refractivity (Wildman–Crippen MR) is 40.1 cm³/mol. The van der Waals surface area contributed by atoms with Crippen LogP contribution in [0.4, 0.5) is 0 Å². The average molecular weight is 126 g/mol. The Kier molecular flexibility index (Phi) is 2.22. The molecule has 9 heavy (non-hydrogen) atoms. The molecule has 0 fully saturated rings. The first-order valence-electron chi connectivity index (χ1n) is 3.56. The van der Waals surface area contributed by atoms with Crippen molar-refractivity contribution in [1.29, 1.82) is 0 Å². The summed E-state index contributed by atoms with van der Waals surface area (Å²) in [7, 11) is 0. The molecule has 1 aliphatic rings. The fourth-order valence-corrected chi connectivity index (χ4v) is 0.952. The number of rotatable bonds is 1. The number of nitrogens with one attached hydrogen (secondary N) is 1. The lowest BCUT2D eigenvalue weighted by Gasteiger charge is -2.19. The zero-order valence-electron chi connectivity index (χ0n) is 6.15. The summed E-state index contributed by atoms with van der Waals surface area (Å²) in [6.45, 7) is 6.22. The van der Waals surface area contributed by atoms with Gasteiger partial charge >= 0.3 is 0 Å². The van der Waals surface area contributed by atoms with Crippen LogP contribution in [-0.2, 0) is 0 Å². The smallest absolute Gasteiger partial charge is 0.0542 e. The van der Waals surface area contributed by atoms with Crippen LogP contribution in [-0.4, -0.2) is 24.8 Å². The normalized spacial score (nSPS) is 27.8. The van der Waals surface area contributed by atoms with E-state index in [1.165, 1.54) is 12.1 Å². The Hall–Kier alpha value is -0.370. The summed E-state index contributed by atoms with van der Waals surface area (Å²) in [4.78, 5) is 4.34. The number of nitrogens with zero attached hydrogens (tertiary/aromatic N) is 1. The fraction of sp³-hybridized carbons (Fsp3) is 0.857. The van der Waals surface area contributed by atoms with Crippen LogP contribution >= 0.6 is 0 Å². The van der Waals surface area contributed by atoms with E-state index < -0.39 is 0 Å². The molecule has 0 radical (unpaired) electrons. The molecule has 0 aliphatic carbocycles. The van der Waals surface area contributed by atoms with Gasteiger partial charge in [0, 0.05) is 18.3 Å². The molecule has 1 heterocycles. The van der Waals surface area contributed by atoms with Gasteiger partial charge in [-0.15, -0.1) is 0 Å². The molecule has 0 amide bonds. The van der Waals surface area contributed by atoms with Crippen LogP contribution in [0.25, 0.3) is 0 Å². The Morgan fingerprint density at radius 1 is 1.78 bits per heavy atom. The van der Waals surface area contributed by atoms with Crippen molar-refractivity contribution in [3.05, 3.63) is 0 Å². The van der Waals surface area contributed by atoms with E-state index in [9.17, 15) is 0 Å². The van der Waals surface area contributed by atoms with Crippen LogP contribution in [0.5, 0.6) is 0 Å². The van der Waals surface area contributed by atoms with Crippen molar-refractivity contribution in [3.8, 4) is 0 Å². The molecular formula is C7H14N2. The van der Waals surface area contributed by atoms with E-state index in [0.29, 0.717) is 6.04 Å². The van der Waals surface area contributed by atoms with Gasteiger partial charge < -0.3 is 5.32 Å². The maximum Gasteiger partial charge on any atom is 0.0542 e. The predicted octanol–water partition coefficient (Wildman–Crippen LogP) is 0.829. The van der Waals surface area contributed by atoms with Crippen molar-refractivity contribution in [1.82, 2.24) is 5.32 Å². The SMILES string of the molecule is CCC1CN=C(C)CN1. The van der Waals surface area contributed by atoms with Crippen LogP contribution in [0.3, 0.4) is 0 Å². The van der Waals surface area contributed by atoms with Gasteiger partial charge in [-0.1, -0.05) is 6.92 Å². The van der Waals surface area contributed by atoms with Crippen molar-refractivity contribution >= 4 is 5.71 Å². The topological polar surface area (TPSA) is 24.4 Å². The molecule has 1 N–H and O–H groups in total. The number of hydrogen-bond donors (Lipinski definition) is 1. The molecule has 0 aromatic carbocycles. The summed E-state index contributed by atoms with van der Waals surface area (Å²) in [5.74, 6) is 0. The van der Waals surface area contributed by atoms with Gasteiger partial charge in [-0.2, -0.15) is 0 Å². The Balaban J connectivity index is 2.36. The summed E-state index contributed by atoms with van der Waals surface area (Å²) in [6, 6.07) is 0.633. The van der Waals surface area contributed by atoms with E-state index in [-0.39, 0.29) is 0 Å². The van der Waals surface area contributed by atoms with Crippen LogP contribution in [0.1, 0.15) is 20.3 Å². The molecule has 0 bridgehead atoms. The quantitative estimate of drug-likeness (QED) is 0.553. The van der Waals surface area contributed by atoms with Gasteiger partial charge in [-0.25, -0.2) is 0 Å². The van der Waals surface area contributed by atoms with Crippen molar-refractivity contribution in [3.63, 3.8) is 0 Å². The van der Waals surface area contributed by atoms with E-state index in [1.807, 2.05) is 0 Å². The standard InChI is InChI=1S/C7H14N2/c1-3-7-5-8-6(2)4-9-7/h7,9H,3-5H2,1-2H3. The Labute approximate surface area is 56.4 Å². The first-order valence-corrected chi connectivity index (χ1v) is 3.56. The van der Waals surface area contributed by atoms with Crippen LogP contribution in [0.2, 0.25) is 0 Å². The van der Waals surface area contributed by atoms with Crippen molar-refractivity contribution in [2.45, 2.75) is 26.3 Å². The van der Waals surface area contributed by atoms with Crippen molar-refractivity contribution in [2.75, 3.05) is 13.1 Å². The molecule has 0 spiro atoms. The van der Waals surface area contributed by atoms with E-state index in [4.69, 9.17) is 0 Å². The maximum atomic E-state index is 4.34. The molecule has 1 unspecified atom stereocenters. The highest BCUT2D eigenvalue weighted by Crippen LogP contribution is 1.96. The summed E-state index contributed by atoms with van der Waals surface area (Å²) < 4.78 is 0. The van der Waals surface area contributed by atoms with Crippen molar-refractivity contribution in [2.24, 2.45) is 4.99 Å². The zero-order chi connectivity index (χ0) is 6.69. The number of hydrogen-bond acceptors (Lipinski definition) is 2. The minimum absolute atomic E-state index is 0.633. The highest BCUT2D eigenvalue weighted by atomic mass is 15.0. The minimum Gasteiger partial charge on any atom is -0.307 e. The molecule has 0 saturated carbocycles. The molecular weight excluding hydrogens is 112 g/mol. The van der Waals surface area contributed by atoms with Crippen LogP contribution in [0.15, 0.2) is 4.99 Å². The highest BCUT2D eigenvalue weighted by Gasteiger charge is 2.08. The lowest BCUT2D eigenvalue weighted by Crippen LogP contribution is -2.38. The van der Waals surface area contributed by atoms with Gasteiger partial charge in [0.15, 0.2) is 0 Å².